The fourth-order valence-corrected chi connectivity index (χ4v) is 3.81. The van der Waals surface area contributed by atoms with Gasteiger partial charge >= 0.3 is 0 Å². The zero-order chi connectivity index (χ0) is 13.9. The minimum Gasteiger partial charge on any atom is -0.338 e. The van der Waals surface area contributed by atoms with Crippen LogP contribution in [0.2, 0.25) is 0 Å². The van der Waals surface area contributed by atoms with E-state index in [4.69, 9.17) is 0 Å². The van der Waals surface area contributed by atoms with Gasteiger partial charge in [0.15, 0.2) is 0 Å². The van der Waals surface area contributed by atoms with Crippen LogP contribution in [0.5, 0.6) is 0 Å². The van der Waals surface area contributed by atoms with Crippen molar-refractivity contribution in [3.63, 3.8) is 0 Å². The van der Waals surface area contributed by atoms with Crippen LogP contribution in [-0.4, -0.2) is 57.2 Å². The first-order valence-electron chi connectivity index (χ1n) is 7.74. The predicted molar refractivity (Wildman–Crippen MR) is 77.2 cm³/mol. The van der Waals surface area contributed by atoms with E-state index in [0.29, 0.717) is 12.1 Å². The molecule has 0 bridgehead atoms. The van der Waals surface area contributed by atoms with E-state index in [-0.39, 0.29) is 5.91 Å². The first-order chi connectivity index (χ1) is 9.75. The molecule has 2 aliphatic heterocycles. The third-order valence-corrected chi connectivity index (χ3v) is 4.74. The minimum absolute atomic E-state index is 0.242. The molecule has 1 aromatic rings. The van der Waals surface area contributed by atoms with Gasteiger partial charge in [-0.2, -0.15) is 5.10 Å². The molecule has 2 aliphatic rings. The van der Waals surface area contributed by atoms with Gasteiger partial charge in [-0.25, -0.2) is 0 Å². The second-order valence-corrected chi connectivity index (χ2v) is 5.94. The Balaban J connectivity index is 1.61. The number of nitrogens with zero attached hydrogens (tertiary/aromatic N) is 4. The van der Waals surface area contributed by atoms with Crippen molar-refractivity contribution in [2.45, 2.75) is 51.2 Å². The van der Waals surface area contributed by atoms with Gasteiger partial charge < -0.3 is 4.90 Å². The summed E-state index contributed by atoms with van der Waals surface area (Å²) >= 11 is 0. The lowest BCUT2D eigenvalue weighted by Gasteiger charge is -2.34. The highest BCUT2D eigenvalue weighted by molar-refractivity contribution is 5.74. The van der Waals surface area contributed by atoms with Crippen molar-refractivity contribution in [3.8, 4) is 0 Å². The molecule has 2 saturated heterocycles. The van der Waals surface area contributed by atoms with Gasteiger partial charge in [-0.1, -0.05) is 0 Å². The highest BCUT2D eigenvalue weighted by Crippen LogP contribution is 2.29. The summed E-state index contributed by atoms with van der Waals surface area (Å²) < 4.78 is 1.99. The summed E-state index contributed by atoms with van der Waals surface area (Å²) in [5.41, 5.74) is 0. The Hall–Kier alpha value is -1.36. The lowest BCUT2D eigenvalue weighted by atomic mass is 10.0. The molecular weight excluding hydrogens is 252 g/mol. The van der Waals surface area contributed by atoms with E-state index >= 15 is 0 Å². The summed E-state index contributed by atoms with van der Waals surface area (Å²) in [5, 5.41) is 4.27. The Morgan fingerprint density at radius 2 is 2.00 bits per heavy atom. The fourth-order valence-electron chi connectivity index (χ4n) is 3.81. The van der Waals surface area contributed by atoms with Crippen molar-refractivity contribution in [2.75, 3.05) is 19.6 Å². The van der Waals surface area contributed by atoms with E-state index in [9.17, 15) is 4.79 Å². The van der Waals surface area contributed by atoms with Crippen molar-refractivity contribution in [1.82, 2.24) is 19.6 Å². The molecule has 5 nitrogen and oxygen atoms in total. The summed E-state index contributed by atoms with van der Waals surface area (Å²) in [6.07, 6.45) is 8.66. The van der Waals surface area contributed by atoms with Crippen LogP contribution in [0, 0.1) is 0 Å². The van der Waals surface area contributed by atoms with Gasteiger partial charge in [0.2, 0.25) is 5.91 Å². The van der Waals surface area contributed by atoms with Crippen LogP contribution in [0.15, 0.2) is 18.5 Å². The standard InChI is InChI=1S/C15H24N4O/c1-13(20)19-10-3-6-15(19)14-5-2-8-17(14)11-12-18-9-4-7-16-18/h4,7,9,14-15H,2-3,5-6,8,10-12H2,1H3. The normalized spacial score (nSPS) is 27.4. The average Bonchev–Trinajstić information content (AvgIpc) is 3.16. The van der Waals surface area contributed by atoms with Crippen LogP contribution in [0.3, 0.4) is 0 Å². The van der Waals surface area contributed by atoms with E-state index in [1.165, 1.54) is 19.3 Å². The molecular formula is C15H24N4O. The molecule has 0 aromatic carbocycles. The molecule has 1 aromatic heterocycles. The molecule has 0 saturated carbocycles. The number of likely N-dealkylation sites (tertiary alicyclic amines) is 2. The number of amides is 1. The number of hydrogen-bond acceptors (Lipinski definition) is 3. The maximum atomic E-state index is 11.8. The molecule has 0 N–H and O–H groups in total. The fraction of sp³-hybridized carbons (Fsp3) is 0.733. The summed E-state index contributed by atoms with van der Waals surface area (Å²) in [6, 6.07) is 2.96. The van der Waals surface area contributed by atoms with Crippen LogP contribution in [-0.2, 0) is 11.3 Å². The average molecular weight is 276 g/mol. The zero-order valence-corrected chi connectivity index (χ0v) is 12.2. The predicted octanol–water partition coefficient (Wildman–Crippen LogP) is 1.36. The lowest BCUT2D eigenvalue weighted by molar-refractivity contribution is -0.130. The van der Waals surface area contributed by atoms with E-state index in [1.54, 1.807) is 6.92 Å². The molecule has 2 unspecified atom stereocenters. The highest BCUT2D eigenvalue weighted by Gasteiger charge is 2.38. The molecule has 20 heavy (non-hydrogen) atoms. The maximum absolute atomic E-state index is 11.8. The van der Waals surface area contributed by atoms with Gasteiger partial charge in [-0.05, 0) is 38.3 Å². The number of carbonyl (C=O) groups is 1. The Morgan fingerprint density at radius 1 is 1.20 bits per heavy atom. The van der Waals surface area contributed by atoms with Gasteiger partial charge in [-0.15, -0.1) is 0 Å². The molecule has 1 amide bonds. The van der Waals surface area contributed by atoms with Crippen LogP contribution in [0.4, 0.5) is 0 Å². The number of carbonyl (C=O) groups excluding carboxylic acids is 1. The zero-order valence-electron chi connectivity index (χ0n) is 12.2. The molecule has 3 rings (SSSR count). The molecule has 0 spiro atoms. The number of hydrogen-bond donors (Lipinski definition) is 0. The highest BCUT2D eigenvalue weighted by atomic mass is 16.2. The van der Waals surface area contributed by atoms with Gasteiger partial charge in [-0.3, -0.25) is 14.4 Å². The van der Waals surface area contributed by atoms with E-state index < -0.39 is 0 Å². The van der Waals surface area contributed by atoms with Crippen molar-refractivity contribution >= 4 is 5.91 Å². The molecule has 110 valence electrons. The van der Waals surface area contributed by atoms with Gasteiger partial charge in [0, 0.05) is 44.5 Å². The first kappa shape index (κ1) is 13.6. The molecule has 2 fully saturated rings. The van der Waals surface area contributed by atoms with Crippen LogP contribution < -0.4 is 0 Å². The lowest BCUT2D eigenvalue weighted by Crippen LogP contribution is -2.48. The third kappa shape index (κ3) is 2.73. The minimum atomic E-state index is 0.242. The van der Waals surface area contributed by atoms with Crippen molar-refractivity contribution in [1.29, 1.82) is 0 Å². The Labute approximate surface area is 120 Å². The maximum Gasteiger partial charge on any atom is 0.219 e. The van der Waals surface area contributed by atoms with E-state index in [2.05, 4.69) is 14.9 Å². The van der Waals surface area contributed by atoms with E-state index in [0.717, 1.165) is 32.6 Å². The van der Waals surface area contributed by atoms with Gasteiger partial charge in [0.25, 0.3) is 0 Å². The van der Waals surface area contributed by atoms with Crippen LogP contribution in [0.1, 0.15) is 32.6 Å². The monoisotopic (exact) mass is 276 g/mol. The topological polar surface area (TPSA) is 41.4 Å². The molecule has 2 atom stereocenters. The summed E-state index contributed by atoms with van der Waals surface area (Å²) in [4.78, 5) is 16.4. The SMILES string of the molecule is CC(=O)N1CCCC1C1CCCN1CCn1cccn1. The van der Waals surface area contributed by atoms with Crippen molar-refractivity contribution in [3.05, 3.63) is 18.5 Å². The number of aromatic nitrogens is 2. The van der Waals surface area contributed by atoms with Crippen molar-refractivity contribution in [2.24, 2.45) is 0 Å². The third-order valence-electron chi connectivity index (χ3n) is 4.74. The van der Waals surface area contributed by atoms with Gasteiger partial charge in [0.05, 0.1) is 6.54 Å². The largest absolute Gasteiger partial charge is 0.338 e. The molecule has 0 radical (unpaired) electrons. The summed E-state index contributed by atoms with van der Waals surface area (Å²) in [6.45, 7) is 5.80. The smallest absolute Gasteiger partial charge is 0.219 e. The number of rotatable bonds is 4. The summed E-state index contributed by atoms with van der Waals surface area (Å²) in [5.74, 6) is 0.242. The Kier molecular flexibility index (Phi) is 4.05. The summed E-state index contributed by atoms with van der Waals surface area (Å²) in [7, 11) is 0. The van der Waals surface area contributed by atoms with Crippen LogP contribution >= 0.6 is 0 Å². The second kappa shape index (κ2) is 5.95. The van der Waals surface area contributed by atoms with Crippen LogP contribution in [0.25, 0.3) is 0 Å². The Bertz CT molecular complexity index is 445. The van der Waals surface area contributed by atoms with Gasteiger partial charge in [0.1, 0.15) is 0 Å². The van der Waals surface area contributed by atoms with E-state index in [1.807, 2.05) is 23.1 Å². The van der Waals surface area contributed by atoms with Crippen molar-refractivity contribution < 1.29 is 4.79 Å². The molecule has 5 heteroatoms. The quantitative estimate of drug-likeness (QED) is 0.834. The molecule has 3 heterocycles. The molecule has 0 aliphatic carbocycles. The first-order valence-corrected chi connectivity index (χ1v) is 7.74. The second-order valence-electron chi connectivity index (χ2n) is 5.94. The Morgan fingerprint density at radius 3 is 2.75 bits per heavy atom.